The third-order valence-electron chi connectivity index (χ3n) is 3.62. The van der Waals surface area contributed by atoms with Crippen molar-refractivity contribution in [1.29, 1.82) is 0 Å². The van der Waals surface area contributed by atoms with E-state index < -0.39 is 0 Å². The Morgan fingerprint density at radius 2 is 1.63 bits per heavy atom. The van der Waals surface area contributed by atoms with Crippen LogP contribution in [-0.4, -0.2) is 12.6 Å². The summed E-state index contributed by atoms with van der Waals surface area (Å²) in [5.74, 6) is 6.36. The first kappa shape index (κ1) is 18.6. The van der Waals surface area contributed by atoms with Crippen molar-refractivity contribution in [2.45, 2.75) is 6.92 Å². The topological polar surface area (TPSA) is 33.6 Å². The molecule has 0 amide bonds. The molecule has 3 rings (SSSR count). The Kier molecular flexibility index (Phi) is 6.51. The zero-order valence-corrected chi connectivity index (χ0v) is 15.7. The van der Waals surface area contributed by atoms with E-state index >= 15 is 0 Å². The summed E-state index contributed by atoms with van der Waals surface area (Å²) in [7, 11) is 0. The highest BCUT2D eigenvalue weighted by molar-refractivity contribution is 6.30. The third-order valence-corrected chi connectivity index (χ3v) is 3.87. The molecule has 0 saturated heterocycles. The Balaban J connectivity index is 1.89. The predicted molar refractivity (Wildman–Crippen MR) is 113 cm³/mol. The number of aliphatic imine (C=N–C) groups is 1. The number of hydrogen-bond donors (Lipinski definition) is 1. The van der Waals surface area contributed by atoms with Crippen molar-refractivity contribution in [3.63, 3.8) is 0 Å². The van der Waals surface area contributed by atoms with Gasteiger partial charge in [0.15, 0.2) is 0 Å². The molecule has 0 aliphatic heterocycles. The Morgan fingerprint density at radius 1 is 0.926 bits per heavy atom. The molecule has 0 spiro atoms. The van der Waals surface area contributed by atoms with Crippen molar-refractivity contribution in [1.82, 2.24) is 0 Å². The molecule has 0 saturated carbocycles. The van der Waals surface area contributed by atoms with E-state index in [2.05, 4.69) is 22.2 Å². The smallest absolute Gasteiger partial charge is 0.294 e. The van der Waals surface area contributed by atoms with Gasteiger partial charge < -0.3 is 10.1 Å². The summed E-state index contributed by atoms with van der Waals surface area (Å²) in [6.45, 7) is 2.41. The summed E-state index contributed by atoms with van der Waals surface area (Å²) in [4.78, 5) is 4.63. The summed E-state index contributed by atoms with van der Waals surface area (Å²) in [5, 5.41) is 3.86. The van der Waals surface area contributed by atoms with E-state index in [1.165, 1.54) is 0 Å². The second kappa shape index (κ2) is 9.47. The average molecular weight is 375 g/mol. The second-order valence-electron chi connectivity index (χ2n) is 5.62. The van der Waals surface area contributed by atoms with E-state index in [0.29, 0.717) is 17.7 Å². The summed E-state index contributed by atoms with van der Waals surface area (Å²) in [6.07, 6.45) is 0. The molecule has 4 heteroatoms. The monoisotopic (exact) mass is 374 g/mol. The SMILES string of the molecule is CCOC(=Nc1ccccc1C#Cc1ccccc1)Nc1ccc(Cl)cc1. The minimum atomic E-state index is 0.411. The summed E-state index contributed by atoms with van der Waals surface area (Å²) in [6, 6.07) is 25.4. The zero-order valence-electron chi connectivity index (χ0n) is 14.9. The molecule has 0 fully saturated rings. The molecule has 0 aliphatic rings. The van der Waals surface area contributed by atoms with Gasteiger partial charge in [-0.05, 0) is 55.5 Å². The van der Waals surface area contributed by atoms with Crippen molar-refractivity contribution in [2.75, 3.05) is 11.9 Å². The molecule has 0 aromatic heterocycles. The fraction of sp³-hybridized carbons (Fsp3) is 0.0870. The number of amidine groups is 1. The van der Waals surface area contributed by atoms with E-state index in [0.717, 1.165) is 22.5 Å². The number of anilines is 1. The molecule has 0 heterocycles. The summed E-state index contributed by atoms with van der Waals surface area (Å²) >= 11 is 5.94. The van der Waals surface area contributed by atoms with Crippen LogP contribution in [-0.2, 0) is 4.74 Å². The van der Waals surface area contributed by atoms with Crippen LogP contribution in [0.3, 0.4) is 0 Å². The average Bonchev–Trinajstić information content (AvgIpc) is 2.70. The molecule has 3 nitrogen and oxygen atoms in total. The maximum atomic E-state index is 5.94. The molecule has 0 radical (unpaired) electrons. The lowest BCUT2D eigenvalue weighted by Crippen LogP contribution is -2.15. The number of benzene rings is 3. The standard InChI is InChI=1S/C23H19ClN2O/c1-2-27-23(25-21-16-14-20(24)15-17-21)26-22-11-7-6-10-19(22)13-12-18-8-4-3-5-9-18/h3-11,14-17H,2H2,1H3,(H,25,26). The highest BCUT2D eigenvalue weighted by atomic mass is 35.5. The van der Waals surface area contributed by atoms with Gasteiger partial charge in [-0.15, -0.1) is 0 Å². The Hall–Kier alpha value is -3.22. The van der Waals surface area contributed by atoms with E-state index in [9.17, 15) is 0 Å². The second-order valence-corrected chi connectivity index (χ2v) is 6.05. The molecule has 1 N–H and O–H groups in total. The van der Waals surface area contributed by atoms with Crippen LogP contribution in [0.25, 0.3) is 0 Å². The van der Waals surface area contributed by atoms with Crippen LogP contribution in [0.4, 0.5) is 11.4 Å². The van der Waals surface area contributed by atoms with Crippen LogP contribution in [0, 0.1) is 11.8 Å². The predicted octanol–water partition coefficient (Wildman–Crippen LogP) is 5.88. The highest BCUT2D eigenvalue weighted by Gasteiger charge is 2.04. The van der Waals surface area contributed by atoms with Gasteiger partial charge in [-0.3, -0.25) is 0 Å². The molecular formula is C23H19ClN2O. The lowest BCUT2D eigenvalue weighted by atomic mass is 10.1. The minimum Gasteiger partial charge on any atom is -0.465 e. The number of ether oxygens (including phenoxy) is 1. The number of rotatable bonds is 3. The van der Waals surface area contributed by atoms with E-state index in [4.69, 9.17) is 16.3 Å². The van der Waals surface area contributed by atoms with Gasteiger partial charge in [0.2, 0.25) is 0 Å². The first-order chi connectivity index (χ1) is 13.2. The Bertz CT molecular complexity index is 971. The Labute approximate surface area is 164 Å². The van der Waals surface area contributed by atoms with Gasteiger partial charge in [-0.1, -0.05) is 53.8 Å². The maximum absolute atomic E-state index is 5.94. The van der Waals surface area contributed by atoms with Gasteiger partial charge >= 0.3 is 0 Å². The highest BCUT2D eigenvalue weighted by Crippen LogP contribution is 2.20. The van der Waals surface area contributed by atoms with Crippen molar-refractivity contribution in [3.05, 3.63) is 95.0 Å². The maximum Gasteiger partial charge on any atom is 0.294 e. The van der Waals surface area contributed by atoms with Crippen LogP contribution >= 0.6 is 11.6 Å². The van der Waals surface area contributed by atoms with Gasteiger partial charge in [-0.2, -0.15) is 4.99 Å². The van der Waals surface area contributed by atoms with Crippen LogP contribution in [0.2, 0.25) is 5.02 Å². The quantitative estimate of drug-likeness (QED) is 0.353. The molecule has 0 bridgehead atoms. The lowest BCUT2D eigenvalue weighted by molar-refractivity contribution is 0.326. The van der Waals surface area contributed by atoms with E-state index in [-0.39, 0.29) is 0 Å². The number of para-hydroxylation sites is 1. The number of hydrogen-bond acceptors (Lipinski definition) is 2. The van der Waals surface area contributed by atoms with E-state index in [1.54, 1.807) is 0 Å². The van der Waals surface area contributed by atoms with Crippen LogP contribution < -0.4 is 5.32 Å². The van der Waals surface area contributed by atoms with Crippen LogP contribution in [0.1, 0.15) is 18.1 Å². The Morgan fingerprint density at radius 3 is 2.37 bits per heavy atom. The fourth-order valence-electron chi connectivity index (χ4n) is 2.34. The van der Waals surface area contributed by atoms with E-state index in [1.807, 2.05) is 85.8 Å². The first-order valence-corrected chi connectivity index (χ1v) is 9.02. The molecule has 3 aromatic rings. The summed E-state index contributed by atoms with van der Waals surface area (Å²) < 4.78 is 5.66. The van der Waals surface area contributed by atoms with Gasteiger partial charge in [-0.25, -0.2) is 0 Å². The zero-order chi connectivity index (χ0) is 18.9. The third kappa shape index (κ3) is 5.64. The van der Waals surface area contributed by atoms with Crippen LogP contribution in [0.15, 0.2) is 83.9 Å². The summed E-state index contributed by atoms with van der Waals surface area (Å²) in [5.41, 5.74) is 3.38. The first-order valence-electron chi connectivity index (χ1n) is 8.65. The van der Waals surface area contributed by atoms with Crippen molar-refractivity contribution in [3.8, 4) is 11.8 Å². The van der Waals surface area contributed by atoms with Crippen molar-refractivity contribution >= 4 is 29.0 Å². The molecular weight excluding hydrogens is 356 g/mol. The van der Waals surface area contributed by atoms with Gasteiger partial charge in [0.25, 0.3) is 6.02 Å². The van der Waals surface area contributed by atoms with Gasteiger partial charge in [0, 0.05) is 16.3 Å². The van der Waals surface area contributed by atoms with Gasteiger partial charge in [0.1, 0.15) is 0 Å². The molecule has 3 aromatic carbocycles. The molecule has 0 aliphatic carbocycles. The normalized spacial score (nSPS) is 10.7. The van der Waals surface area contributed by atoms with Crippen molar-refractivity contribution < 1.29 is 4.74 Å². The molecule has 27 heavy (non-hydrogen) atoms. The molecule has 134 valence electrons. The van der Waals surface area contributed by atoms with Crippen molar-refractivity contribution in [2.24, 2.45) is 4.99 Å². The lowest BCUT2D eigenvalue weighted by Gasteiger charge is -2.10. The number of nitrogens with one attached hydrogen (secondary N) is 1. The van der Waals surface area contributed by atoms with Crippen LogP contribution in [0.5, 0.6) is 0 Å². The fourth-order valence-corrected chi connectivity index (χ4v) is 2.46. The van der Waals surface area contributed by atoms with Gasteiger partial charge in [0.05, 0.1) is 17.9 Å². The number of nitrogens with zero attached hydrogens (tertiary/aromatic N) is 1. The molecule has 0 unspecified atom stereocenters. The molecule has 0 atom stereocenters. The largest absolute Gasteiger partial charge is 0.465 e. The minimum absolute atomic E-state index is 0.411. The number of halogens is 1.